The first-order chi connectivity index (χ1) is 17.8. The number of allylic oxidation sites excluding steroid dienone is 4. The van der Waals surface area contributed by atoms with Crippen LogP contribution in [0.25, 0.3) is 10.9 Å². The third kappa shape index (κ3) is 8.16. The minimum atomic E-state index is -0.482. The number of anilines is 2. The number of carbonyl (C=O) groups is 1. The number of hydrogen-bond acceptors (Lipinski definition) is 7. The van der Waals surface area contributed by atoms with Gasteiger partial charge in [-0.15, -0.1) is 0 Å². The maximum Gasteiger partial charge on any atom is 0.300 e. The van der Waals surface area contributed by atoms with Gasteiger partial charge in [0.1, 0.15) is 11.4 Å². The summed E-state index contributed by atoms with van der Waals surface area (Å²) in [7, 11) is 0. The van der Waals surface area contributed by atoms with Gasteiger partial charge in [0.15, 0.2) is 0 Å². The van der Waals surface area contributed by atoms with Gasteiger partial charge in [-0.05, 0) is 44.9 Å². The molecule has 7 nitrogen and oxygen atoms in total. The van der Waals surface area contributed by atoms with E-state index in [2.05, 4.69) is 49.4 Å². The zero-order chi connectivity index (χ0) is 26.3. The lowest BCUT2D eigenvalue weighted by Gasteiger charge is -2.25. The number of thioether (sulfide) groups is 1. The summed E-state index contributed by atoms with van der Waals surface area (Å²) in [5.41, 5.74) is 2.26. The van der Waals surface area contributed by atoms with Crippen molar-refractivity contribution in [2.75, 3.05) is 41.8 Å². The molecule has 0 spiro atoms. The Bertz CT molecular complexity index is 1350. The van der Waals surface area contributed by atoms with Crippen LogP contribution in [0, 0.1) is 23.7 Å². The average Bonchev–Trinajstić information content (AvgIpc) is 3.06. The second kappa shape index (κ2) is 12.4. The molecule has 0 atom stereocenters. The smallest absolute Gasteiger partial charge is 0.300 e. The van der Waals surface area contributed by atoms with Gasteiger partial charge in [-0.3, -0.25) is 4.79 Å². The highest BCUT2D eigenvalue weighted by atomic mass is 35.5. The van der Waals surface area contributed by atoms with Gasteiger partial charge in [-0.2, -0.15) is 22.0 Å². The topological polar surface area (TPSA) is 79.4 Å². The zero-order valence-electron chi connectivity index (χ0n) is 21.3. The van der Waals surface area contributed by atoms with E-state index in [1.54, 1.807) is 18.3 Å². The predicted octanol–water partition coefficient (Wildman–Crippen LogP) is 5.01. The Kier molecular flexibility index (Phi) is 9.00. The van der Waals surface area contributed by atoms with E-state index >= 15 is 0 Å². The van der Waals surface area contributed by atoms with Crippen LogP contribution in [-0.2, 0) is 4.79 Å². The molecule has 0 unspecified atom stereocenters. The number of nitrogens with zero attached hydrogens (tertiary/aromatic N) is 3. The minimum absolute atomic E-state index is 0.384. The molecule has 1 amide bonds. The highest BCUT2D eigenvalue weighted by molar-refractivity contribution is 7.99. The molecule has 0 bridgehead atoms. The van der Waals surface area contributed by atoms with Gasteiger partial charge in [0, 0.05) is 61.1 Å². The van der Waals surface area contributed by atoms with Crippen molar-refractivity contribution in [2.45, 2.75) is 39.2 Å². The first kappa shape index (κ1) is 26.9. The third-order valence-electron chi connectivity index (χ3n) is 5.48. The van der Waals surface area contributed by atoms with Crippen molar-refractivity contribution in [3.8, 4) is 29.4 Å². The summed E-state index contributed by atoms with van der Waals surface area (Å²) in [6, 6.07) is 3.62. The monoisotopic (exact) mass is 535 g/mol. The molecule has 192 valence electrons. The van der Waals surface area contributed by atoms with E-state index in [1.165, 1.54) is 0 Å². The van der Waals surface area contributed by atoms with Crippen LogP contribution in [0.2, 0.25) is 0 Å². The van der Waals surface area contributed by atoms with Crippen LogP contribution in [0.1, 0.15) is 33.6 Å². The fraction of sp³-hybridized carbons (Fsp3) is 0.393. The molecule has 2 aromatic rings. The third-order valence-corrected chi connectivity index (χ3v) is 6.64. The van der Waals surface area contributed by atoms with Crippen LogP contribution < -0.4 is 15.4 Å². The van der Waals surface area contributed by atoms with Crippen LogP contribution in [0.15, 0.2) is 41.2 Å². The van der Waals surface area contributed by atoms with E-state index in [0.29, 0.717) is 34.8 Å². The fourth-order valence-corrected chi connectivity index (χ4v) is 4.90. The quantitative estimate of drug-likeness (QED) is 0.503. The van der Waals surface area contributed by atoms with Gasteiger partial charge in [0.05, 0.1) is 28.1 Å². The van der Waals surface area contributed by atoms with Crippen molar-refractivity contribution >= 4 is 51.5 Å². The molecule has 1 aromatic carbocycles. The second-order valence-corrected chi connectivity index (χ2v) is 11.2. The predicted molar refractivity (Wildman–Crippen MR) is 153 cm³/mol. The molecule has 0 saturated carbocycles. The molecular weight excluding hydrogens is 506 g/mol. The van der Waals surface area contributed by atoms with Crippen LogP contribution in [0.4, 0.5) is 11.4 Å². The second-order valence-electron chi connectivity index (χ2n) is 9.61. The summed E-state index contributed by atoms with van der Waals surface area (Å²) >= 11 is 8.01. The number of nitrogens with one attached hydrogen (secondary N) is 2. The molecule has 9 heteroatoms. The van der Waals surface area contributed by atoms with E-state index in [-0.39, 0.29) is 5.91 Å². The number of benzene rings is 1. The highest BCUT2D eigenvalue weighted by Crippen LogP contribution is 2.35. The van der Waals surface area contributed by atoms with E-state index < -0.39 is 5.60 Å². The minimum Gasteiger partial charge on any atom is -0.486 e. The normalized spacial score (nSPS) is 15.8. The molecule has 37 heavy (non-hydrogen) atoms. The van der Waals surface area contributed by atoms with Crippen LogP contribution >= 0.6 is 23.4 Å². The van der Waals surface area contributed by atoms with E-state index in [1.807, 2.05) is 44.7 Å². The summed E-state index contributed by atoms with van der Waals surface area (Å²) < 4.78 is 6.15. The molecular formula is C28H30ClN5O2S. The summed E-state index contributed by atoms with van der Waals surface area (Å²) in [5.74, 6) is 14.1. The fourth-order valence-electron chi connectivity index (χ4n) is 3.79. The van der Waals surface area contributed by atoms with E-state index in [4.69, 9.17) is 16.3 Å². The number of aromatic nitrogens is 2. The summed E-state index contributed by atoms with van der Waals surface area (Å²) in [6.07, 6.45) is 6.43. The van der Waals surface area contributed by atoms with Crippen LogP contribution in [0.3, 0.4) is 0 Å². The standard InChI is InChI=1S/C28H30ClN5O2S/c1-28(2,3)36-26-18-23-22(25(19-30-33-23)31-21-8-6-7-20(29)10-11-21)17-24(26)32-27(35)9-4-5-12-34-13-15-37-16-14-34/h10-11,17-19H,5,8,12-16H2,1-3H3,(H,31,33)(H,32,35). The molecule has 1 aliphatic heterocycles. The Labute approximate surface area is 227 Å². The number of carbonyl (C=O) groups excluding carboxylic acids is 1. The molecule has 4 rings (SSSR count). The van der Waals surface area contributed by atoms with Crippen molar-refractivity contribution in [1.82, 2.24) is 15.1 Å². The Balaban J connectivity index is 1.57. The maximum absolute atomic E-state index is 12.7. The lowest BCUT2D eigenvalue weighted by Crippen LogP contribution is -2.33. The number of hydrogen-bond donors (Lipinski definition) is 2. The van der Waals surface area contributed by atoms with Crippen molar-refractivity contribution in [3.05, 3.63) is 41.2 Å². The van der Waals surface area contributed by atoms with Gasteiger partial charge in [0.2, 0.25) is 0 Å². The van der Waals surface area contributed by atoms with E-state index in [0.717, 1.165) is 47.9 Å². The summed E-state index contributed by atoms with van der Waals surface area (Å²) in [5, 5.41) is 16.0. The van der Waals surface area contributed by atoms with Crippen LogP contribution in [-0.4, -0.2) is 57.7 Å². The molecule has 1 aromatic heterocycles. The highest BCUT2D eigenvalue weighted by Gasteiger charge is 2.19. The largest absolute Gasteiger partial charge is 0.486 e. The summed E-state index contributed by atoms with van der Waals surface area (Å²) in [6.45, 7) is 8.88. The van der Waals surface area contributed by atoms with Gasteiger partial charge in [-0.25, -0.2) is 0 Å². The Morgan fingerprint density at radius 1 is 1.24 bits per heavy atom. The molecule has 1 saturated heterocycles. The molecule has 1 aliphatic carbocycles. The Morgan fingerprint density at radius 2 is 2.05 bits per heavy atom. The Morgan fingerprint density at radius 3 is 2.84 bits per heavy atom. The van der Waals surface area contributed by atoms with Crippen molar-refractivity contribution in [2.24, 2.45) is 0 Å². The molecule has 2 N–H and O–H groups in total. The number of amides is 1. The van der Waals surface area contributed by atoms with Gasteiger partial charge in [-0.1, -0.05) is 29.4 Å². The maximum atomic E-state index is 12.7. The SMILES string of the molecule is CC(C)(C)Oc1cc2nncc(NC3=CC=C(Cl)C#CC3)c2cc1NC(=O)C#CCCN1CCSCC1. The molecule has 2 heterocycles. The van der Waals surface area contributed by atoms with Gasteiger partial charge < -0.3 is 20.3 Å². The number of halogens is 1. The van der Waals surface area contributed by atoms with Gasteiger partial charge >= 0.3 is 0 Å². The van der Waals surface area contributed by atoms with Crippen molar-refractivity contribution in [3.63, 3.8) is 0 Å². The zero-order valence-corrected chi connectivity index (χ0v) is 22.9. The Hall–Kier alpha value is -3.17. The van der Waals surface area contributed by atoms with E-state index in [9.17, 15) is 4.79 Å². The first-order valence-electron chi connectivity index (χ1n) is 12.2. The lowest BCUT2D eigenvalue weighted by atomic mass is 10.1. The summed E-state index contributed by atoms with van der Waals surface area (Å²) in [4.78, 5) is 15.1. The van der Waals surface area contributed by atoms with Crippen molar-refractivity contribution in [1.29, 1.82) is 0 Å². The molecule has 2 aliphatic rings. The number of rotatable bonds is 6. The number of fused-ring (bicyclic) bond motifs is 1. The van der Waals surface area contributed by atoms with Crippen LogP contribution in [0.5, 0.6) is 5.75 Å². The molecule has 1 fully saturated rings. The first-order valence-corrected chi connectivity index (χ1v) is 13.7. The molecule has 0 radical (unpaired) electrons. The van der Waals surface area contributed by atoms with Crippen molar-refractivity contribution < 1.29 is 9.53 Å². The average molecular weight is 536 g/mol. The lowest BCUT2D eigenvalue weighted by molar-refractivity contribution is -0.111. The number of ether oxygens (including phenoxy) is 1. The van der Waals surface area contributed by atoms with Gasteiger partial charge in [0.25, 0.3) is 5.91 Å².